The third-order valence-electron chi connectivity index (χ3n) is 4.64. The summed E-state index contributed by atoms with van der Waals surface area (Å²) in [6.45, 7) is 8.56. The van der Waals surface area contributed by atoms with Crippen LogP contribution in [0.15, 0.2) is 30.3 Å². The van der Waals surface area contributed by atoms with Gasteiger partial charge in [0, 0.05) is 20.0 Å². The van der Waals surface area contributed by atoms with Crippen LogP contribution in [0.3, 0.4) is 0 Å². The van der Waals surface area contributed by atoms with E-state index in [1.165, 1.54) is 6.92 Å². The quantitative estimate of drug-likeness (QED) is 0.330. The van der Waals surface area contributed by atoms with Crippen molar-refractivity contribution in [2.45, 2.75) is 33.8 Å². The van der Waals surface area contributed by atoms with E-state index in [1.54, 1.807) is 7.11 Å². The van der Waals surface area contributed by atoms with Gasteiger partial charge in [0.25, 0.3) is 0 Å². The van der Waals surface area contributed by atoms with Crippen LogP contribution in [0.2, 0.25) is 0 Å². The van der Waals surface area contributed by atoms with Crippen molar-refractivity contribution in [1.29, 1.82) is 0 Å². The van der Waals surface area contributed by atoms with E-state index in [4.69, 9.17) is 18.9 Å². The zero-order valence-electron chi connectivity index (χ0n) is 18.3. The maximum atomic E-state index is 11.3. The summed E-state index contributed by atoms with van der Waals surface area (Å²) in [7, 11) is 1.60. The maximum Gasteiger partial charge on any atom is 0.308 e. The number of para-hydroxylation sites is 2. The van der Waals surface area contributed by atoms with E-state index >= 15 is 0 Å². The van der Waals surface area contributed by atoms with Gasteiger partial charge in [0.05, 0.1) is 7.11 Å². The minimum Gasteiger partial charge on any atom is -0.493 e. The lowest BCUT2D eigenvalue weighted by molar-refractivity contribution is -0.131. The molecule has 0 aliphatic rings. The number of ether oxygens (including phenoxy) is 4. The fourth-order valence-corrected chi connectivity index (χ4v) is 2.96. The molecule has 0 fully saturated rings. The standard InChI is InChI=1S/C23H31NO6/c1-15-12-22(16(2)17(3)23(15)30-18(4)25)29-14-19(26)13-24-10-11-28-21-9-7-6-8-20(21)27-5/h6-9,12,19,24,26H,10-11,13-14H2,1-5H3/t19-/m0/s1. The lowest BCUT2D eigenvalue weighted by Gasteiger charge is -2.18. The van der Waals surface area contributed by atoms with Crippen LogP contribution in [-0.4, -0.2) is 50.6 Å². The van der Waals surface area contributed by atoms with Gasteiger partial charge in [-0.15, -0.1) is 0 Å². The number of nitrogens with one attached hydrogen (secondary N) is 1. The number of hydrogen-bond acceptors (Lipinski definition) is 7. The summed E-state index contributed by atoms with van der Waals surface area (Å²) >= 11 is 0. The number of aliphatic hydroxyl groups is 1. The Labute approximate surface area is 177 Å². The largest absolute Gasteiger partial charge is 0.493 e. The third-order valence-corrected chi connectivity index (χ3v) is 4.64. The van der Waals surface area contributed by atoms with Gasteiger partial charge in [0.15, 0.2) is 11.5 Å². The Bertz CT molecular complexity index is 852. The average molecular weight is 418 g/mol. The third kappa shape index (κ3) is 6.64. The Morgan fingerprint density at radius 2 is 1.77 bits per heavy atom. The highest BCUT2D eigenvalue weighted by Gasteiger charge is 2.15. The molecular weight excluding hydrogens is 386 g/mol. The number of aryl methyl sites for hydroxylation is 1. The molecule has 164 valence electrons. The molecule has 0 radical (unpaired) electrons. The number of methoxy groups -OCH3 is 1. The Morgan fingerprint density at radius 1 is 1.07 bits per heavy atom. The molecule has 1 atom stereocenters. The summed E-state index contributed by atoms with van der Waals surface area (Å²) in [5.41, 5.74) is 2.54. The number of aliphatic hydroxyl groups excluding tert-OH is 1. The topological polar surface area (TPSA) is 86.2 Å². The van der Waals surface area contributed by atoms with Gasteiger partial charge >= 0.3 is 5.97 Å². The number of hydrogen-bond donors (Lipinski definition) is 2. The molecule has 0 bridgehead atoms. The molecular formula is C23H31NO6. The molecule has 2 N–H and O–H groups in total. The monoisotopic (exact) mass is 417 g/mol. The summed E-state index contributed by atoms with van der Waals surface area (Å²) in [4.78, 5) is 11.3. The van der Waals surface area contributed by atoms with Gasteiger partial charge in [-0.05, 0) is 55.7 Å². The lowest BCUT2D eigenvalue weighted by atomic mass is 10.0. The molecule has 7 nitrogen and oxygen atoms in total. The first-order chi connectivity index (χ1) is 14.3. The molecule has 0 heterocycles. The van der Waals surface area contributed by atoms with E-state index < -0.39 is 6.10 Å². The Hall–Kier alpha value is -2.77. The van der Waals surface area contributed by atoms with Crippen molar-refractivity contribution in [2.24, 2.45) is 0 Å². The van der Waals surface area contributed by atoms with E-state index in [2.05, 4.69) is 5.32 Å². The number of carbonyl (C=O) groups is 1. The first-order valence-corrected chi connectivity index (χ1v) is 9.90. The highest BCUT2D eigenvalue weighted by molar-refractivity contribution is 5.71. The summed E-state index contributed by atoms with van der Waals surface area (Å²) in [5, 5.41) is 13.3. The maximum absolute atomic E-state index is 11.3. The molecule has 0 aliphatic heterocycles. The van der Waals surface area contributed by atoms with Crippen LogP contribution in [-0.2, 0) is 4.79 Å². The molecule has 2 aromatic rings. The second-order valence-electron chi connectivity index (χ2n) is 7.03. The van der Waals surface area contributed by atoms with Crippen LogP contribution in [0.4, 0.5) is 0 Å². The Balaban J connectivity index is 1.77. The molecule has 0 aromatic heterocycles. The van der Waals surface area contributed by atoms with Crippen LogP contribution < -0.4 is 24.3 Å². The zero-order valence-corrected chi connectivity index (χ0v) is 18.3. The second kappa shape index (κ2) is 11.4. The summed E-state index contributed by atoms with van der Waals surface area (Å²) in [6.07, 6.45) is -0.676. The van der Waals surface area contributed by atoms with Crippen LogP contribution in [0, 0.1) is 20.8 Å². The van der Waals surface area contributed by atoms with Crippen LogP contribution in [0.1, 0.15) is 23.6 Å². The molecule has 2 rings (SSSR count). The molecule has 0 amide bonds. The smallest absolute Gasteiger partial charge is 0.308 e. The number of benzene rings is 2. The zero-order chi connectivity index (χ0) is 22.1. The van der Waals surface area contributed by atoms with E-state index in [1.807, 2.05) is 51.1 Å². The van der Waals surface area contributed by atoms with E-state index in [0.717, 1.165) is 16.7 Å². The van der Waals surface area contributed by atoms with Gasteiger partial charge in [-0.1, -0.05) is 12.1 Å². The fraction of sp³-hybridized carbons (Fsp3) is 0.435. The van der Waals surface area contributed by atoms with Crippen molar-refractivity contribution in [1.82, 2.24) is 5.32 Å². The Kier molecular flexibility index (Phi) is 8.95. The molecule has 0 aliphatic carbocycles. The fourth-order valence-electron chi connectivity index (χ4n) is 2.96. The van der Waals surface area contributed by atoms with Crippen molar-refractivity contribution >= 4 is 5.97 Å². The lowest BCUT2D eigenvalue weighted by Crippen LogP contribution is -2.33. The molecule has 0 spiro atoms. The van der Waals surface area contributed by atoms with Crippen molar-refractivity contribution < 1.29 is 28.8 Å². The average Bonchev–Trinajstić information content (AvgIpc) is 2.72. The highest BCUT2D eigenvalue weighted by Crippen LogP contribution is 2.33. The molecule has 0 saturated carbocycles. The highest BCUT2D eigenvalue weighted by atomic mass is 16.5. The molecule has 2 aromatic carbocycles. The van der Waals surface area contributed by atoms with Crippen LogP contribution in [0.25, 0.3) is 0 Å². The number of rotatable bonds is 11. The predicted octanol–water partition coefficient (Wildman–Crippen LogP) is 2.95. The summed E-state index contributed by atoms with van der Waals surface area (Å²) in [6, 6.07) is 9.28. The summed E-state index contributed by atoms with van der Waals surface area (Å²) < 4.78 is 22.0. The van der Waals surface area contributed by atoms with Gasteiger partial charge < -0.3 is 29.4 Å². The second-order valence-corrected chi connectivity index (χ2v) is 7.03. The van der Waals surface area contributed by atoms with E-state index in [9.17, 15) is 9.90 Å². The SMILES string of the molecule is COc1ccccc1OCCNC[C@H](O)COc1cc(C)c(OC(C)=O)c(C)c1C. The van der Waals surface area contributed by atoms with Crippen molar-refractivity contribution in [2.75, 3.05) is 33.4 Å². The normalized spacial score (nSPS) is 11.7. The molecule has 0 saturated heterocycles. The minimum absolute atomic E-state index is 0.146. The van der Waals surface area contributed by atoms with Gasteiger partial charge in [0.1, 0.15) is 30.8 Å². The predicted molar refractivity (Wildman–Crippen MR) is 115 cm³/mol. The number of esters is 1. The van der Waals surface area contributed by atoms with E-state index in [-0.39, 0.29) is 12.6 Å². The van der Waals surface area contributed by atoms with Crippen molar-refractivity contribution in [3.05, 3.63) is 47.0 Å². The molecule has 7 heteroatoms. The number of carbonyl (C=O) groups excluding carboxylic acids is 1. The van der Waals surface area contributed by atoms with Gasteiger partial charge in [-0.3, -0.25) is 4.79 Å². The van der Waals surface area contributed by atoms with Crippen molar-refractivity contribution in [3.8, 4) is 23.0 Å². The van der Waals surface area contributed by atoms with Gasteiger partial charge in [-0.2, -0.15) is 0 Å². The molecule has 30 heavy (non-hydrogen) atoms. The van der Waals surface area contributed by atoms with Crippen LogP contribution >= 0.6 is 0 Å². The van der Waals surface area contributed by atoms with E-state index in [0.29, 0.717) is 42.7 Å². The Morgan fingerprint density at radius 3 is 2.43 bits per heavy atom. The van der Waals surface area contributed by atoms with Gasteiger partial charge in [0.2, 0.25) is 0 Å². The first kappa shape index (κ1) is 23.5. The minimum atomic E-state index is -0.676. The van der Waals surface area contributed by atoms with Crippen LogP contribution in [0.5, 0.6) is 23.0 Å². The summed E-state index contributed by atoms with van der Waals surface area (Å²) in [5.74, 6) is 2.24. The van der Waals surface area contributed by atoms with Crippen molar-refractivity contribution in [3.63, 3.8) is 0 Å². The molecule has 0 unspecified atom stereocenters. The van der Waals surface area contributed by atoms with Gasteiger partial charge in [-0.25, -0.2) is 0 Å². The first-order valence-electron chi connectivity index (χ1n) is 9.90.